The summed E-state index contributed by atoms with van der Waals surface area (Å²) in [5, 5.41) is 14.4. The van der Waals surface area contributed by atoms with Crippen molar-refractivity contribution >= 4 is 57.2 Å². The first-order valence-electron chi connectivity index (χ1n) is 9.50. The Hall–Kier alpha value is -1.36. The van der Waals surface area contributed by atoms with Crippen molar-refractivity contribution in [3.63, 3.8) is 0 Å². The first-order valence-corrected chi connectivity index (χ1v) is 12.9. The fourth-order valence-electron chi connectivity index (χ4n) is 2.86. The highest BCUT2D eigenvalue weighted by atomic mass is 127. The molecular formula is C20H20I2N7OS2-. The molecule has 1 aliphatic rings. The Morgan fingerprint density at radius 2 is 1.88 bits per heavy atom. The van der Waals surface area contributed by atoms with Crippen LogP contribution >= 0.6 is 46.1 Å². The van der Waals surface area contributed by atoms with Crippen LogP contribution in [0.15, 0.2) is 70.9 Å². The number of halogens is 2. The van der Waals surface area contributed by atoms with Crippen molar-refractivity contribution in [1.29, 1.82) is 0 Å². The maximum absolute atomic E-state index is 12.3. The van der Waals surface area contributed by atoms with E-state index in [2.05, 4.69) is 66.3 Å². The van der Waals surface area contributed by atoms with Gasteiger partial charge in [0, 0.05) is 16.5 Å². The number of hydrogen-bond acceptors (Lipinski definition) is 7. The van der Waals surface area contributed by atoms with Gasteiger partial charge in [-0.1, -0.05) is 94.6 Å². The molecule has 1 amide bonds. The number of hydrogen-bond donors (Lipinski definition) is 3. The van der Waals surface area contributed by atoms with Gasteiger partial charge in [-0.2, -0.15) is 0 Å². The van der Waals surface area contributed by atoms with Crippen LogP contribution in [0.2, 0.25) is 0 Å². The molecule has 168 valence electrons. The van der Waals surface area contributed by atoms with Gasteiger partial charge in [0.2, 0.25) is 0 Å². The second-order valence-electron chi connectivity index (χ2n) is 6.50. The Morgan fingerprint density at radius 3 is 2.56 bits per heavy atom. The van der Waals surface area contributed by atoms with Gasteiger partial charge < -0.3 is 24.0 Å². The lowest BCUT2D eigenvalue weighted by molar-refractivity contribution is -0.118. The highest BCUT2D eigenvalue weighted by molar-refractivity contribution is 14.1. The maximum Gasteiger partial charge on any atom is 0.250 e. The number of hydrazone groups is 1. The molecule has 2 aromatic carbocycles. The van der Waals surface area contributed by atoms with Crippen LogP contribution in [0.5, 0.6) is 0 Å². The molecule has 3 aromatic rings. The predicted molar refractivity (Wildman–Crippen MR) is 133 cm³/mol. The molecule has 1 aromatic heterocycles. The van der Waals surface area contributed by atoms with Crippen LogP contribution in [0.3, 0.4) is 0 Å². The zero-order chi connectivity index (χ0) is 21.5. The van der Waals surface area contributed by atoms with Crippen molar-refractivity contribution in [3.8, 4) is 5.69 Å². The van der Waals surface area contributed by atoms with Crippen LogP contribution < -0.4 is 40.3 Å². The molecule has 2 heterocycles. The van der Waals surface area contributed by atoms with Gasteiger partial charge in [-0.15, -0.1) is 15.3 Å². The van der Waals surface area contributed by atoms with E-state index >= 15 is 0 Å². The normalized spacial score (nSPS) is 16.4. The second kappa shape index (κ2) is 12.8. The summed E-state index contributed by atoms with van der Waals surface area (Å²) in [5.41, 5.74) is 10.7. The molecule has 1 saturated heterocycles. The monoisotopic (exact) mass is 692 g/mol. The van der Waals surface area contributed by atoms with Gasteiger partial charge in [-0.25, -0.2) is 10.9 Å². The van der Waals surface area contributed by atoms with E-state index in [9.17, 15) is 4.79 Å². The Morgan fingerprint density at radius 1 is 1.16 bits per heavy atom. The molecule has 0 spiro atoms. The summed E-state index contributed by atoms with van der Waals surface area (Å²) < 4.78 is 2.93. The number of carbonyl (C=O) groups is 1. The third-order valence-corrected chi connectivity index (χ3v) is 7.66. The summed E-state index contributed by atoms with van der Waals surface area (Å²) in [5.74, 6) is 0.800. The number of alkyl halides is 1. The zero-order valence-corrected chi connectivity index (χ0v) is 22.7. The summed E-state index contributed by atoms with van der Waals surface area (Å²) >= 11 is 5.17. The number of carbonyl (C=O) groups excluding carboxylic acids is 1. The largest absolute Gasteiger partial charge is 1.00 e. The van der Waals surface area contributed by atoms with Crippen LogP contribution in [0.4, 0.5) is 0 Å². The van der Waals surface area contributed by atoms with Crippen molar-refractivity contribution in [2.24, 2.45) is 5.10 Å². The summed E-state index contributed by atoms with van der Waals surface area (Å²) in [7, 11) is 0. The van der Waals surface area contributed by atoms with E-state index in [1.54, 1.807) is 11.8 Å². The van der Waals surface area contributed by atoms with Crippen LogP contribution in [0.1, 0.15) is 11.4 Å². The van der Waals surface area contributed by atoms with Crippen LogP contribution in [0.25, 0.3) is 5.69 Å². The Labute approximate surface area is 225 Å². The lowest BCUT2D eigenvalue weighted by atomic mass is 10.1. The smallest absolute Gasteiger partial charge is 0.250 e. The summed E-state index contributed by atoms with van der Waals surface area (Å²) in [4.78, 5) is 12.3. The third-order valence-electron chi connectivity index (χ3n) is 4.27. The minimum Gasteiger partial charge on any atom is -1.00 e. The topological polar surface area (TPSA) is 96.2 Å². The van der Waals surface area contributed by atoms with Crippen LogP contribution in [-0.2, 0) is 11.2 Å². The number of nitrogens with zero attached hydrogens (tertiary/aromatic N) is 4. The number of para-hydroxylation sites is 1. The fourth-order valence-corrected chi connectivity index (χ4v) is 5.05. The molecule has 1 unspecified atom stereocenters. The Kier molecular flexibility index (Phi) is 10.1. The lowest BCUT2D eigenvalue weighted by Gasteiger charge is -2.10. The van der Waals surface area contributed by atoms with Crippen molar-refractivity contribution in [1.82, 2.24) is 31.0 Å². The zero-order valence-electron chi connectivity index (χ0n) is 16.7. The number of amidine groups is 1. The third kappa shape index (κ3) is 6.82. The summed E-state index contributed by atoms with van der Waals surface area (Å²) in [6, 6.07) is 20.1. The molecule has 4 rings (SSSR count). The minimum atomic E-state index is -0.204. The van der Waals surface area contributed by atoms with Gasteiger partial charge in [0.25, 0.3) is 5.91 Å². The van der Waals surface area contributed by atoms with Crippen LogP contribution in [-0.4, -0.2) is 41.4 Å². The number of benzene rings is 2. The molecule has 1 fully saturated rings. The summed E-state index contributed by atoms with van der Waals surface area (Å²) in [6.45, 7) is 0. The molecule has 1 aliphatic heterocycles. The molecular weight excluding hydrogens is 672 g/mol. The number of thioether (sulfide) groups is 2. The van der Waals surface area contributed by atoms with Gasteiger partial charge in [0.1, 0.15) is 5.82 Å². The van der Waals surface area contributed by atoms with E-state index in [-0.39, 0.29) is 41.0 Å². The van der Waals surface area contributed by atoms with Gasteiger partial charge in [0.15, 0.2) is 10.3 Å². The number of nitrogens with one attached hydrogen (secondary N) is 3. The number of hydrazine groups is 1. The molecule has 12 heteroatoms. The quantitative estimate of drug-likeness (QED) is 0.132. The van der Waals surface area contributed by atoms with Gasteiger partial charge in [-0.05, 0) is 17.7 Å². The minimum absolute atomic E-state index is 0. The fraction of sp³-hybridized carbons (Fsp3) is 0.200. The highest BCUT2D eigenvalue weighted by Gasteiger charge is 2.20. The SMILES string of the molecule is O=C(CSc1nnc(Cc2ccccc2)n1-c1ccccc1)N/N=C1/NNC(CI)S1.[I-]. The molecule has 0 bridgehead atoms. The van der Waals surface area contributed by atoms with Crippen molar-refractivity contribution in [3.05, 3.63) is 72.1 Å². The molecule has 1 atom stereocenters. The molecule has 8 nitrogen and oxygen atoms in total. The molecule has 3 N–H and O–H groups in total. The molecule has 0 aliphatic carbocycles. The van der Waals surface area contributed by atoms with E-state index in [0.717, 1.165) is 21.5 Å². The number of aromatic nitrogens is 3. The van der Waals surface area contributed by atoms with Crippen molar-refractivity contribution in [2.45, 2.75) is 17.0 Å². The summed E-state index contributed by atoms with van der Waals surface area (Å²) in [6.07, 6.45) is 0.650. The van der Waals surface area contributed by atoms with Gasteiger partial charge >= 0.3 is 0 Å². The second-order valence-corrected chi connectivity index (χ2v) is 9.52. The van der Waals surface area contributed by atoms with E-state index < -0.39 is 0 Å². The molecule has 32 heavy (non-hydrogen) atoms. The average Bonchev–Trinajstić information content (AvgIpc) is 3.44. The highest BCUT2D eigenvalue weighted by Crippen LogP contribution is 2.23. The van der Waals surface area contributed by atoms with Crippen molar-refractivity contribution in [2.75, 3.05) is 10.2 Å². The maximum atomic E-state index is 12.3. The predicted octanol–water partition coefficient (Wildman–Crippen LogP) is -0.0565. The standard InChI is InChI=1S/C20H20IN7OS2.HI/c21-12-18-24-26-19(31-18)25-23-17(29)13-30-20-27-22-16(11-14-7-3-1-4-8-14)28(20)15-9-5-2-6-10-15;/h1-10,18,24H,11-13H2,(H,23,29)(H,25,26);1H/p-1. The van der Waals surface area contributed by atoms with E-state index in [1.165, 1.54) is 11.8 Å². The van der Waals surface area contributed by atoms with Gasteiger partial charge in [-0.3, -0.25) is 14.8 Å². The Bertz CT molecular complexity index is 1050. The van der Waals surface area contributed by atoms with E-state index in [4.69, 9.17) is 0 Å². The lowest BCUT2D eigenvalue weighted by Crippen LogP contribution is -3.00. The number of amides is 1. The number of rotatable bonds is 8. The van der Waals surface area contributed by atoms with E-state index in [1.807, 2.05) is 53.1 Å². The van der Waals surface area contributed by atoms with Crippen LogP contribution in [0, 0.1) is 0 Å². The van der Waals surface area contributed by atoms with E-state index in [0.29, 0.717) is 16.7 Å². The molecule has 0 radical (unpaired) electrons. The first kappa shape index (κ1) is 25.3. The van der Waals surface area contributed by atoms with Gasteiger partial charge in [0.05, 0.1) is 11.1 Å². The Balaban J connectivity index is 0.00000289. The first-order chi connectivity index (χ1) is 15.2. The average molecular weight is 692 g/mol. The van der Waals surface area contributed by atoms with Crippen molar-refractivity contribution < 1.29 is 28.8 Å². The molecule has 0 saturated carbocycles.